The molecule has 0 aromatic carbocycles. The van der Waals surface area contributed by atoms with Crippen LogP contribution in [0.3, 0.4) is 0 Å². The second kappa shape index (κ2) is 2.14. The molecule has 0 spiro atoms. The van der Waals surface area contributed by atoms with Crippen molar-refractivity contribution in [3.05, 3.63) is 23.8 Å². The third-order valence-corrected chi connectivity index (χ3v) is 3.60. The molecule has 4 atom stereocenters. The summed E-state index contributed by atoms with van der Waals surface area (Å²) in [6.07, 6.45) is 12.9. The molecular weight excluding hydrogens is 160 g/mol. The van der Waals surface area contributed by atoms with E-state index in [-0.39, 0.29) is 11.7 Å². The Bertz CT molecular complexity index is 380. The normalized spacial score (nSPS) is 44.8. The van der Waals surface area contributed by atoms with Crippen LogP contribution in [-0.2, 0) is 4.79 Å². The number of rotatable bonds is 0. The van der Waals surface area contributed by atoms with E-state index in [0.717, 1.165) is 6.42 Å². The van der Waals surface area contributed by atoms with E-state index < -0.39 is 0 Å². The van der Waals surface area contributed by atoms with Gasteiger partial charge in [-0.1, -0.05) is 24.1 Å². The van der Waals surface area contributed by atoms with Gasteiger partial charge in [-0.3, -0.25) is 4.79 Å². The second-order valence-electron chi connectivity index (χ2n) is 4.14. The fraction of sp³-hybridized carbons (Fsp3) is 0.417. The highest BCUT2D eigenvalue weighted by Gasteiger charge is 2.50. The van der Waals surface area contributed by atoms with E-state index in [2.05, 4.69) is 18.1 Å². The summed E-state index contributed by atoms with van der Waals surface area (Å²) in [4.78, 5) is 11.8. The van der Waals surface area contributed by atoms with Crippen LogP contribution in [0.15, 0.2) is 23.8 Å². The Kier molecular flexibility index (Phi) is 1.18. The minimum Gasteiger partial charge on any atom is -0.293 e. The smallest absolute Gasteiger partial charge is 0.175 e. The molecule has 0 heterocycles. The molecule has 1 saturated carbocycles. The van der Waals surface area contributed by atoms with E-state index in [1.54, 1.807) is 0 Å². The minimum atomic E-state index is 0.195. The lowest BCUT2D eigenvalue weighted by Gasteiger charge is -2.17. The third-order valence-electron chi connectivity index (χ3n) is 3.60. The first kappa shape index (κ1) is 7.15. The van der Waals surface area contributed by atoms with Crippen LogP contribution in [0, 0.1) is 36.0 Å². The van der Waals surface area contributed by atoms with Gasteiger partial charge in [-0.25, -0.2) is 0 Å². The molecule has 1 fully saturated rings. The highest BCUT2D eigenvalue weighted by atomic mass is 16.1. The van der Waals surface area contributed by atoms with E-state index in [1.165, 1.54) is 0 Å². The number of hydrogen-bond acceptors (Lipinski definition) is 1. The molecule has 0 aromatic rings. The Hall–Kier alpha value is -1.29. The van der Waals surface area contributed by atoms with Crippen molar-refractivity contribution in [3.8, 4) is 12.3 Å². The van der Waals surface area contributed by atoms with Gasteiger partial charge in [0.25, 0.3) is 0 Å². The zero-order valence-corrected chi connectivity index (χ0v) is 7.23. The molecule has 1 heteroatoms. The van der Waals surface area contributed by atoms with Gasteiger partial charge in [-0.15, -0.1) is 6.42 Å². The predicted molar refractivity (Wildman–Crippen MR) is 49.6 cm³/mol. The van der Waals surface area contributed by atoms with Crippen molar-refractivity contribution in [1.82, 2.24) is 0 Å². The molecule has 2 bridgehead atoms. The van der Waals surface area contributed by atoms with Gasteiger partial charge >= 0.3 is 0 Å². The monoisotopic (exact) mass is 170 g/mol. The van der Waals surface area contributed by atoms with Crippen LogP contribution >= 0.6 is 0 Å². The Labute approximate surface area is 77.5 Å². The summed E-state index contributed by atoms with van der Waals surface area (Å²) in [6.45, 7) is 0. The molecule has 1 nitrogen and oxygen atoms in total. The molecule has 0 N–H and O–H groups in total. The average molecular weight is 170 g/mol. The standard InChI is InChI=1S/C12H10O/c1-2-7-6-10-8-3-4-9(5-8)11(10)12(7)13/h1,3-4,6,8-11H,5H2/t8-,9+,10+,11-/m0/s1. The summed E-state index contributed by atoms with van der Waals surface area (Å²) in [5.74, 6) is 4.39. The molecule has 3 aliphatic rings. The van der Waals surface area contributed by atoms with Gasteiger partial charge in [0.1, 0.15) is 0 Å². The summed E-state index contributed by atoms with van der Waals surface area (Å²) in [7, 11) is 0. The molecule has 0 unspecified atom stereocenters. The average Bonchev–Trinajstić information content (AvgIpc) is 2.76. The number of terminal acetylenes is 1. The molecule has 13 heavy (non-hydrogen) atoms. The molecule has 3 rings (SSSR count). The third kappa shape index (κ3) is 0.715. The maximum atomic E-state index is 11.8. The van der Waals surface area contributed by atoms with Gasteiger partial charge in [0.2, 0.25) is 0 Å². The number of Topliss-reactive ketones (excluding diaryl/α,β-unsaturated/α-hetero) is 1. The van der Waals surface area contributed by atoms with Crippen molar-refractivity contribution in [1.29, 1.82) is 0 Å². The van der Waals surface area contributed by atoms with Gasteiger partial charge in [-0.2, -0.15) is 0 Å². The predicted octanol–water partition coefficient (Wildman–Crippen LogP) is 1.57. The number of carbonyl (C=O) groups excluding carboxylic acids is 1. The summed E-state index contributed by atoms with van der Waals surface area (Å²) in [5, 5.41) is 0. The summed E-state index contributed by atoms with van der Waals surface area (Å²) < 4.78 is 0. The van der Waals surface area contributed by atoms with E-state index in [1.807, 2.05) is 6.08 Å². The van der Waals surface area contributed by atoms with Gasteiger partial charge < -0.3 is 0 Å². The maximum absolute atomic E-state index is 11.8. The number of carbonyl (C=O) groups is 1. The summed E-state index contributed by atoms with van der Waals surface area (Å²) in [5.41, 5.74) is 0.619. The summed E-state index contributed by atoms with van der Waals surface area (Å²) in [6, 6.07) is 0. The zero-order valence-electron chi connectivity index (χ0n) is 7.23. The molecular formula is C12H10O. The molecule has 3 aliphatic carbocycles. The Morgan fingerprint density at radius 2 is 2.15 bits per heavy atom. The van der Waals surface area contributed by atoms with Crippen LogP contribution in [0.4, 0.5) is 0 Å². The van der Waals surface area contributed by atoms with Gasteiger partial charge in [0.15, 0.2) is 5.78 Å². The number of fused-ring (bicyclic) bond motifs is 5. The van der Waals surface area contributed by atoms with Crippen LogP contribution < -0.4 is 0 Å². The number of allylic oxidation sites excluding steroid dienone is 4. The lowest BCUT2D eigenvalue weighted by atomic mass is 9.85. The Morgan fingerprint density at radius 3 is 2.85 bits per heavy atom. The fourth-order valence-corrected chi connectivity index (χ4v) is 3.03. The van der Waals surface area contributed by atoms with Crippen molar-refractivity contribution in [2.75, 3.05) is 0 Å². The lowest BCUT2D eigenvalue weighted by Crippen LogP contribution is -2.20. The van der Waals surface area contributed by atoms with Crippen molar-refractivity contribution < 1.29 is 4.79 Å². The summed E-state index contributed by atoms with van der Waals surface area (Å²) >= 11 is 0. The highest BCUT2D eigenvalue weighted by molar-refractivity contribution is 6.04. The highest BCUT2D eigenvalue weighted by Crippen LogP contribution is 2.52. The quantitative estimate of drug-likeness (QED) is 0.398. The number of ketones is 1. The Balaban J connectivity index is 2.06. The van der Waals surface area contributed by atoms with Crippen molar-refractivity contribution in [2.45, 2.75) is 6.42 Å². The van der Waals surface area contributed by atoms with E-state index in [9.17, 15) is 4.79 Å². The largest absolute Gasteiger partial charge is 0.293 e. The van der Waals surface area contributed by atoms with Crippen LogP contribution in [0.25, 0.3) is 0 Å². The zero-order chi connectivity index (χ0) is 9.00. The van der Waals surface area contributed by atoms with Crippen LogP contribution in [0.1, 0.15) is 6.42 Å². The minimum absolute atomic E-state index is 0.195. The fourth-order valence-electron chi connectivity index (χ4n) is 3.03. The van der Waals surface area contributed by atoms with Gasteiger partial charge in [0, 0.05) is 5.92 Å². The lowest BCUT2D eigenvalue weighted by molar-refractivity contribution is -0.119. The molecule has 0 radical (unpaired) electrons. The Morgan fingerprint density at radius 1 is 1.38 bits per heavy atom. The maximum Gasteiger partial charge on any atom is 0.175 e. The second-order valence-corrected chi connectivity index (χ2v) is 4.14. The van der Waals surface area contributed by atoms with Crippen molar-refractivity contribution in [3.63, 3.8) is 0 Å². The van der Waals surface area contributed by atoms with E-state index in [0.29, 0.717) is 23.3 Å². The first-order valence-corrected chi connectivity index (χ1v) is 4.72. The molecule has 0 amide bonds. The molecule has 64 valence electrons. The molecule has 0 aromatic heterocycles. The first-order valence-electron chi connectivity index (χ1n) is 4.72. The van der Waals surface area contributed by atoms with Crippen LogP contribution in [0.5, 0.6) is 0 Å². The topological polar surface area (TPSA) is 17.1 Å². The van der Waals surface area contributed by atoms with Crippen LogP contribution in [-0.4, -0.2) is 5.78 Å². The van der Waals surface area contributed by atoms with E-state index in [4.69, 9.17) is 6.42 Å². The van der Waals surface area contributed by atoms with E-state index >= 15 is 0 Å². The molecule has 0 saturated heterocycles. The van der Waals surface area contributed by atoms with Gasteiger partial charge in [-0.05, 0) is 24.2 Å². The number of hydrogen-bond donors (Lipinski definition) is 0. The van der Waals surface area contributed by atoms with Crippen molar-refractivity contribution >= 4 is 5.78 Å². The van der Waals surface area contributed by atoms with Crippen molar-refractivity contribution in [2.24, 2.45) is 23.7 Å². The van der Waals surface area contributed by atoms with Gasteiger partial charge in [0.05, 0.1) is 5.57 Å². The van der Waals surface area contributed by atoms with Crippen LogP contribution in [0.2, 0.25) is 0 Å². The SMILES string of the molecule is C#CC1=C[C@H]2[C@@H](C1=O)[C@@H]1C=C[C@H]2C1. The molecule has 0 aliphatic heterocycles. The first-order chi connectivity index (χ1) is 6.31.